The summed E-state index contributed by atoms with van der Waals surface area (Å²) in [5, 5.41) is 3.93. The summed E-state index contributed by atoms with van der Waals surface area (Å²) < 4.78 is 0. The van der Waals surface area contributed by atoms with E-state index >= 15 is 0 Å². The van der Waals surface area contributed by atoms with Gasteiger partial charge in [-0.25, -0.2) is 4.98 Å². The molecule has 0 radical (unpaired) electrons. The Bertz CT molecular complexity index is 526. The first-order chi connectivity index (χ1) is 8.61. The number of azide groups is 1. The molecule has 1 amide bonds. The van der Waals surface area contributed by atoms with E-state index in [0.29, 0.717) is 24.7 Å². The number of halogens is 1. The van der Waals surface area contributed by atoms with Crippen LogP contribution in [0.2, 0.25) is 5.15 Å². The van der Waals surface area contributed by atoms with Crippen molar-refractivity contribution < 1.29 is 4.79 Å². The van der Waals surface area contributed by atoms with Gasteiger partial charge < -0.3 is 4.90 Å². The molecule has 0 spiro atoms. The van der Waals surface area contributed by atoms with Crippen LogP contribution in [0.15, 0.2) is 17.4 Å². The van der Waals surface area contributed by atoms with Gasteiger partial charge in [0.25, 0.3) is 0 Å². The summed E-state index contributed by atoms with van der Waals surface area (Å²) in [7, 11) is 0. The quantitative estimate of drug-likeness (QED) is 0.364. The van der Waals surface area contributed by atoms with Gasteiger partial charge in [0.05, 0.1) is 11.9 Å². The van der Waals surface area contributed by atoms with Gasteiger partial charge in [0.2, 0.25) is 5.91 Å². The van der Waals surface area contributed by atoms with E-state index in [2.05, 4.69) is 15.0 Å². The minimum atomic E-state index is 0.0281. The summed E-state index contributed by atoms with van der Waals surface area (Å²) in [6, 6.07) is 1.73. The number of aryl methyl sites for hydroxylation is 1. The summed E-state index contributed by atoms with van der Waals surface area (Å²) in [6.45, 7) is 2.79. The van der Waals surface area contributed by atoms with Crippen LogP contribution >= 0.6 is 11.6 Å². The van der Waals surface area contributed by atoms with Crippen molar-refractivity contribution in [2.75, 3.05) is 18.0 Å². The predicted molar refractivity (Wildman–Crippen MR) is 68.5 cm³/mol. The van der Waals surface area contributed by atoms with Crippen LogP contribution in [0.1, 0.15) is 12.0 Å². The molecule has 1 aromatic heterocycles. The van der Waals surface area contributed by atoms with E-state index in [-0.39, 0.29) is 11.8 Å². The minimum Gasteiger partial charge on any atom is -0.310 e. The molecule has 0 bridgehead atoms. The summed E-state index contributed by atoms with van der Waals surface area (Å²) in [4.78, 5) is 20.3. The Kier molecular flexibility index (Phi) is 3.69. The van der Waals surface area contributed by atoms with E-state index in [1.54, 1.807) is 17.2 Å². The van der Waals surface area contributed by atoms with E-state index in [0.717, 1.165) is 11.3 Å². The maximum absolute atomic E-state index is 11.9. The van der Waals surface area contributed by atoms with Crippen molar-refractivity contribution in [1.29, 1.82) is 0 Å². The summed E-state index contributed by atoms with van der Waals surface area (Å²) in [5.74, 6) is 0.101. The van der Waals surface area contributed by atoms with Crippen molar-refractivity contribution in [2.24, 2.45) is 11.0 Å². The van der Waals surface area contributed by atoms with Crippen LogP contribution < -0.4 is 4.90 Å². The van der Waals surface area contributed by atoms with Crippen LogP contribution in [-0.4, -0.2) is 24.0 Å². The van der Waals surface area contributed by atoms with Gasteiger partial charge in [0.15, 0.2) is 0 Å². The van der Waals surface area contributed by atoms with Crippen LogP contribution in [0.3, 0.4) is 0 Å². The molecule has 1 aliphatic heterocycles. The molecule has 7 heteroatoms. The average Bonchev–Trinajstić information content (AvgIpc) is 2.68. The highest BCUT2D eigenvalue weighted by Crippen LogP contribution is 2.28. The Morgan fingerprint density at radius 1 is 1.72 bits per heavy atom. The SMILES string of the molecule is Cc1cc(Cl)ncc1N1CC(CN=[N+]=[N-])CC1=O. The van der Waals surface area contributed by atoms with Gasteiger partial charge in [-0.3, -0.25) is 4.79 Å². The molecule has 0 saturated carbocycles. The molecule has 0 aromatic carbocycles. The van der Waals surface area contributed by atoms with Crippen molar-refractivity contribution in [3.8, 4) is 0 Å². The number of rotatable bonds is 3. The van der Waals surface area contributed by atoms with Crippen molar-refractivity contribution in [1.82, 2.24) is 4.98 Å². The van der Waals surface area contributed by atoms with Crippen LogP contribution in [-0.2, 0) is 4.79 Å². The molecule has 1 aliphatic rings. The number of carbonyl (C=O) groups excluding carboxylic acids is 1. The summed E-state index contributed by atoms with van der Waals surface area (Å²) >= 11 is 5.79. The number of nitrogens with zero attached hydrogens (tertiary/aromatic N) is 5. The Hall–Kier alpha value is -1.78. The second-order valence-corrected chi connectivity index (χ2v) is 4.67. The third-order valence-corrected chi connectivity index (χ3v) is 3.16. The number of amides is 1. The largest absolute Gasteiger partial charge is 0.310 e. The van der Waals surface area contributed by atoms with Crippen LogP contribution in [0, 0.1) is 12.8 Å². The van der Waals surface area contributed by atoms with Crippen LogP contribution in [0.5, 0.6) is 0 Å². The predicted octanol–water partition coefficient (Wildman–Crippen LogP) is 2.71. The van der Waals surface area contributed by atoms with Gasteiger partial charge in [-0.15, -0.1) is 0 Å². The molecule has 6 nitrogen and oxygen atoms in total. The van der Waals surface area contributed by atoms with Crippen LogP contribution in [0.4, 0.5) is 5.69 Å². The molecule has 0 N–H and O–H groups in total. The maximum Gasteiger partial charge on any atom is 0.227 e. The van der Waals surface area contributed by atoms with Crippen molar-refractivity contribution >= 4 is 23.2 Å². The Morgan fingerprint density at radius 2 is 2.50 bits per heavy atom. The molecule has 2 heterocycles. The zero-order valence-corrected chi connectivity index (χ0v) is 10.6. The molecular weight excluding hydrogens is 254 g/mol. The topological polar surface area (TPSA) is 82.0 Å². The first-order valence-electron chi connectivity index (χ1n) is 5.55. The fraction of sp³-hybridized carbons (Fsp3) is 0.455. The van der Waals surface area contributed by atoms with E-state index in [1.807, 2.05) is 6.92 Å². The first-order valence-corrected chi connectivity index (χ1v) is 5.93. The van der Waals surface area contributed by atoms with Gasteiger partial charge in [0.1, 0.15) is 5.15 Å². The lowest BCUT2D eigenvalue weighted by Gasteiger charge is -2.18. The Morgan fingerprint density at radius 3 is 3.17 bits per heavy atom. The highest BCUT2D eigenvalue weighted by Gasteiger charge is 2.30. The van der Waals surface area contributed by atoms with Gasteiger partial charge in [0, 0.05) is 24.4 Å². The maximum atomic E-state index is 11.9. The van der Waals surface area contributed by atoms with E-state index in [1.165, 1.54) is 0 Å². The normalized spacial score (nSPS) is 18.9. The zero-order chi connectivity index (χ0) is 13.1. The Balaban J connectivity index is 2.18. The highest BCUT2D eigenvalue weighted by molar-refractivity contribution is 6.29. The molecule has 2 rings (SSSR count). The zero-order valence-electron chi connectivity index (χ0n) is 9.88. The number of carbonyl (C=O) groups is 1. The third kappa shape index (κ3) is 2.55. The van der Waals surface area contributed by atoms with Gasteiger partial charge in [-0.1, -0.05) is 16.7 Å². The van der Waals surface area contributed by atoms with Gasteiger partial charge in [-0.05, 0) is 30.0 Å². The highest BCUT2D eigenvalue weighted by atomic mass is 35.5. The average molecular weight is 266 g/mol. The summed E-state index contributed by atoms with van der Waals surface area (Å²) in [6.07, 6.45) is 2.01. The van der Waals surface area contributed by atoms with Gasteiger partial charge >= 0.3 is 0 Å². The molecule has 1 aromatic rings. The van der Waals surface area contributed by atoms with Crippen molar-refractivity contribution in [2.45, 2.75) is 13.3 Å². The molecule has 18 heavy (non-hydrogen) atoms. The number of anilines is 1. The molecule has 0 aliphatic carbocycles. The smallest absolute Gasteiger partial charge is 0.227 e. The van der Waals surface area contributed by atoms with Crippen molar-refractivity contribution in [3.63, 3.8) is 0 Å². The molecule has 1 unspecified atom stereocenters. The van der Waals surface area contributed by atoms with Gasteiger partial charge in [-0.2, -0.15) is 0 Å². The molecule has 1 fully saturated rings. The third-order valence-electron chi connectivity index (χ3n) is 2.95. The summed E-state index contributed by atoms with van der Waals surface area (Å²) in [5.41, 5.74) is 9.97. The second kappa shape index (κ2) is 5.25. The molecule has 1 atom stereocenters. The number of pyridine rings is 1. The number of hydrogen-bond donors (Lipinski definition) is 0. The molecule has 1 saturated heterocycles. The fourth-order valence-corrected chi connectivity index (χ4v) is 2.30. The van der Waals surface area contributed by atoms with E-state index in [4.69, 9.17) is 17.1 Å². The standard InChI is InChI=1S/C11H12ClN5O/c1-7-2-10(12)14-5-9(7)17-6-8(3-11(17)18)4-15-16-13/h2,5,8H,3-4,6H2,1H3. The van der Waals surface area contributed by atoms with Crippen molar-refractivity contribution in [3.05, 3.63) is 33.4 Å². The Labute approximate surface area is 109 Å². The lowest BCUT2D eigenvalue weighted by molar-refractivity contribution is -0.117. The fourth-order valence-electron chi connectivity index (χ4n) is 2.09. The first kappa shape index (κ1) is 12.7. The number of aromatic nitrogens is 1. The number of hydrogen-bond acceptors (Lipinski definition) is 3. The lowest BCUT2D eigenvalue weighted by atomic mass is 10.1. The second-order valence-electron chi connectivity index (χ2n) is 4.28. The lowest BCUT2D eigenvalue weighted by Crippen LogP contribution is -2.25. The molecule has 94 valence electrons. The molecular formula is C11H12ClN5O. The van der Waals surface area contributed by atoms with E-state index < -0.39 is 0 Å². The van der Waals surface area contributed by atoms with E-state index in [9.17, 15) is 4.79 Å². The van der Waals surface area contributed by atoms with Crippen LogP contribution in [0.25, 0.3) is 10.4 Å². The monoisotopic (exact) mass is 265 g/mol. The minimum absolute atomic E-state index is 0.0281.